The molecule has 0 saturated carbocycles. The molecule has 27 heavy (non-hydrogen) atoms. The van der Waals surface area contributed by atoms with Gasteiger partial charge >= 0.3 is 0 Å². The second kappa shape index (κ2) is 8.72. The average molecular weight is 382 g/mol. The first-order valence-corrected chi connectivity index (χ1v) is 10.8. The van der Waals surface area contributed by atoms with Crippen molar-refractivity contribution in [3.05, 3.63) is 58.4 Å². The molecule has 1 aliphatic rings. The first-order valence-electron chi connectivity index (χ1n) is 9.88. The summed E-state index contributed by atoms with van der Waals surface area (Å²) < 4.78 is 0. The van der Waals surface area contributed by atoms with Crippen molar-refractivity contribution >= 4 is 28.1 Å². The molecule has 1 unspecified atom stereocenters. The Bertz CT molecular complexity index is 865. The van der Waals surface area contributed by atoms with E-state index in [1.807, 2.05) is 6.07 Å². The van der Waals surface area contributed by atoms with Crippen molar-refractivity contribution < 1.29 is 4.79 Å². The van der Waals surface area contributed by atoms with Crippen LogP contribution in [0.15, 0.2) is 47.3 Å². The Morgan fingerprint density at radius 2 is 2.04 bits per heavy atom. The second-order valence-electron chi connectivity index (χ2n) is 7.36. The third-order valence-corrected chi connectivity index (χ3v) is 6.23. The number of hydrogen-bond acceptors (Lipinski definition) is 3. The Morgan fingerprint density at radius 1 is 1.19 bits per heavy atom. The first kappa shape index (κ1) is 18.3. The molecule has 3 heterocycles. The highest BCUT2D eigenvalue weighted by Crippen LogP contribution is 2.34. The van der Waals surface area contributed by atoms with E-state index in [-0.39, 0.29) is 11.8 Å². The van der Waals surface area contributed by atoms with Crippen LogP contribution in [0.4, 0.5) is 0 Å². The van der Waals surface area contributed by atoms with Gasteiger partial charge < -0.3 is 15.2 Å². The van der Waals surface area contributed by atoms with Crippen LogP contribution in [0.3, 0.4) is 0 Å². The molecular formula is C22H27N3OS. The zero-order valence-corrected chi connectivity index (χ0v) is 16.4. The Hall–Kier alpha value is -2.11. The summed E-state index contributed by atoms with van der Waals surface area (Å²) in [5.74, 6) is 0.218. The van der Waals surface area contributed by atoms with Crippen molar-refractivity contribution in [2.24, 2.45) is 0 Å². The molecule has 2 aromatic heterocycles. The van der Waals surface area contributed by atoms with Gasteiger partial charge in [-0.2, -0.15) is 11.3 Å². The van der Waals surface area contributed by atoms with Crippen LogP contribution >= 0.6 is 11.3 Å². The highest BCUT2D eigenvalue weighted by Gasteiger charge is 2.21. The Kier molecular flexibility index (Phi) is 5.90. The quantitative estimate of drug-likeness (QED) is 0.639. The predicted octanol–water partition coefficient (Wildman–Crippen LogP) is 4.35. The van der Waals surface area contributed by atoms with Crippen molar-refractivity contribution in [1.82, 2.24) is 15.2 Å². The van der Waals surface area contributed by atoms with E-state index >= 15 is 0 Å². The van der Waals surface area contributed by atoms with E-state index in [4.69, 9.17) is 0 Å². The molecule has 1 aromatic carbocycles. The van der Waals surface area contributed by atoms with E-state index in [0.717, 1.165) is 18.6 Å². The number of para-hydroxylation sites is 1. The zero-order chi connectivity index (χ0) is 18.5. The number of aromatic amines is 1. The van der Waals surface area contributed by atoms with Gasteiger partial charge in [-0.15, -0.1) is 0 Å². The van der Waals surface area contributed by atoms with Crippen molar-refractivity contribution in [3.8, 4) is 0 Å². The summed E-state index contributed by atoms with van der Waals surface area (Å²) in [6.45, 7) is 4.04. The molecule has 3 aromatic rings. The summed E-state index contributed by atoms with van der Waals surface area (Å²) in [7, 11) is 0. The largest absolute Gasteiger partial charge is 0.361 e. The summed E-state index contributed by atoms with van der Waals surface area (Å²) in [5, 5.41) is 8.60. The molecule has 0 bridgehead atoms. The fourth-order valence-corrected chi connectivity index (χ4v) is 4.77. The van der Waals surface area contributed by atoms with Gasteiger partial charge in [0.1, 0.15) is 0 Å². The van der Waals surface area contributed by atoms with E-state index in [1.165, 1.54) is 48.9 Å². The minimum Gasteiger partial charge on any atom is -0.361 e. The molecule has 142 valence electrons. The minimum absolute atomic E-state index is 0.0855. The number of thiophene rings is 1. The fourth-order valence-electron chi connectivity index (χ4n) is 4.06. The Balaban J connectivity index is 1.43. The lowest BCUT2D eigenvalue weighted by atomic mass is 9.89. The van der Waals surface area contributed by atoms with Gasteiger partial charge in [-0.25, -0.2) is 0 Å². The van der Waals surface area contributed by atoms with Crippen molar-refractivity contribution in [1.29, 1.82) is 0 Å². The van der Waals surface area contributed by atoms with Crippen LogP contribution < -0.4 is 5.32 Å². The molecule has 1 fully saturated rings. The second-order valence-corrected chi connectivity index (χ2v) is 8.14. The van der Waals surface area contributed by atoms with Crippen LogP contribution in [0.1, 0.15) is 42.7 Å². The van der Waals surface area contributed by atoms with E-state index in [0.29, 0.717) is 6.42 Å². The lowest BCUT2D eigenvalue weighted by molar-refractivity contribution is -0.121. The number of likely N-dealkylation sites (tertiary alicyclic amines) is 1. The van der Waals surface area contributed by atoms with Gasteiger partial charge in [0.2, 0.25) is 5.91 Å². The third-order valence-electron chi connectivity index (χ3n) is 5.53. The van der Waals surface area contributed by atoms with Crippen LogP contribution in [0.25, 0.3) is 10.9 Å². The van der Waals surface area contributed by atoms with Gasteiger partial charge in [0.25, 0.3) is 0 Å². The van der Waals surface area contributed by atoms with Crippen molar-refractivity contribution in [2.75, 3.05) is 26.2 Å². The number of nitrogens with zero attached hydrogens (tertiary/aromatic N) is 1. The molecule has 1 amide bonds. The van der Waals surface area contributed by atoms with Gasteiger partial charge in [-0.05, 0) is 60.0 Å². The molecule has 1 aliphatic heterocycles. The van der Waals surface area contributed by atoms with Crippen LogP contribution in [0.5, 0.6) is 0 Å². The van der Waals surface area contributed by atoms with Crippen molar-refractivity contribution in [3.63, 3.8) is 0 Å². The van der Waals surface area contributed by atoms with Crippen LogP contribution in [0, 0.1) is 0 Å². The lowest BCUT2D eigenvalue weighted by Gasteiger charge is -2.26. The number of fused-ring (bicyclic) bond motifs is 1. The maximum atomic E-state index is 12.7. The topological polar surface area (TPSA) is 48.1 Å². The highest BCUT2D eigenvalue weighted by molar-refractivity contribution is 7.08. The number of hydrogen-bond donors (Lipinski definition) is 2. The number of rotatable bonds is 7. The smallest absolute Gasteiger partial charge is 0.220 e. The van der Waals surface area contributed by atoms with Gasteiger partial charge in [-0.3, -0.25) is 4.79 Å². The molecule has 4 rings (SSSR count). The van der Waals surface area contributed by atoms with Gasteiger partial charge in [-0.1, -0.05) is 24.6 Å². The van der Waals surface area contributed by atoms with E-state index in [1.54, 1.807) is 11.3 Å². The number of carbonyl (C=O) groups excluding carboxylic acids is 1. The van der Waals surface area contributed by atoms with Crippen LogP contribution in [-0.4, -0.2) is 42.0 Å². The summed E-state index contributed by atoms with van der Waals surface area (Å²) in [6.07, 6.45) is 6.46. The molecule has 2 N–H and O–H groups in total. The van der Waals surface area contributed by atoms with E-state index < -0.39 is 0 Å². The van der Waals surface area contributed by atoms with E-state index in [9.17, 15) is 4.79 Å². The Labute approximate surface area is 164 Å². The molecule has 0 spiro atoms. The summed E-state index contributed by atoms with van der Waals surface area (Å²) in [5.41, 5.74) is 3.55. The summed E-state index contributed by atoms with van der Waals surface area (Å²) in [6, 6.07) is 10.5. The number of piperidine rings is 1. The van der Waals surface area contributed by atoms with Crippen molar-refractivity contribution in [2.45, 2.75) is 31.6 Å². The molecular weight excluding hydrogens is 354 g/mol. The number of amides is 1. The van der Waals surface area contributed by atoms with Crippen LogP contribution in [0.2, 0.25) is 0 Å². The molecule has 0 radical (unpaired) electrons. The molecule has 1 saturated heterocycles. The fraction of sp³-hybridized carbons (Fsp3) is 0.409. The number of nitrogens with one attached hydrogen (secondary N) is 2. The molecule has 0 aliphatic carbocycles. The normalized spacial score (nSPS) is 16.4. The minimum atomic E-state index is 0.0855. The maximum absolute atomic E-state index is 12.7. The lowest BCUT2D eigenvalue weighted by Crippen LogP contribution is -2.38. The highest BCUT2D eigenvalue weighted by atomic mass is 32.1. The Morgan fingerprint density at radius 3 is 2.85 bits per heavy atom. The predicted molar refractivity (Wildman–Crippen MR) is 112 cm³/mol. The first-order chi connectivity index (χ1) is 13.3. The molecule has 5 heteroatoms. The third kappa shape index (κ3) is 4.42. The monoisotopic (exact) mass is 381 g/mol. The van der Waals surface area contributed by atoms with E-state index in [2.05, 4.69) is 56.4 Å². The molecule has 4 nitrogen and oxygen atoms in total. The number of H-pyrrole nitrogens is 1. The number of carbonyl (C=O) groups is 1. The number of aromatic nitrogens is 1. The van der Waals surface area contributed by atoms with Gasteiger partial charge in [0.15, 0.2) is 0 Å². The summed E-state index contributed by atoms with van der Waals surface area (Å²) in [4.78, 5) is 18.5. The van der Waals surface area contributed by atoms with Crippen LogP contribution in [-0.2, 0) is 4.79 Å². The SMILES string of the molecule is O=C(CC(c1ccsc1)c1c[nH]c2ccccc12)NCCN1CCCCC1. The zero-order valence-electron chi connectivity index (χ0n) is 15.6. The van der Waals surface area contributed by atoms with Gasteiger partial charge in [0, 0.05) is 42.5 Å². The molecule has 1 atom stereocenters. The number of benzene rings is 1. The maximum Gasteiger partial charge on any atom is 0.220 e. The standard InChI is InChI=1S/C22H27N3OS/c26-22(23-9-12-25-10-4-1-5-11-25)14-19(17-8-13-27-16-17)20-15-24-21-7-3-2-6-18(20)21/h2-3,6-8,13,15-16,19,24H,1,4-5,9-12,14H2,(H,23,26). The van der Waals surface area contributed by atoms with Gasteiger partial charge in [0.05, 0.1) is 0 Å². The average Bonchev–Trinajstić information content (AvgIpc) is 3.37. The summed E-state index contributed by atoms with van der Waals surface area (Å²) >= 11 is 1.69.